The summed E-state index contributed by atoms with van der Waals surface area (Å²) in [6.45, 7) is 1.86. The average molecular weight is 589 g/mol. The maximum Gasteiger partial charge on any atom is 0.418 e. The molecular formula is C28H23F3N2O5S2. The van der Waals surface area contributed by atoms with Crippen molar-refractivity contribution in [2.24, 2.45) is 0 Å². The van der Waals surface area contributed by atoms with E-state index in [1.54, 1.807) is 42.5 Å². The first-order valence-corrected chi connectivity index (χ1v) is 13.1. The molecule has 0 radical (unpaired) electrons. The molecule has 1 saturated heterocycles. The molecule has 1 fully saturated rings. The summed E-state index contributed by atoms with van der Waals surface area (Å²) in [6.07, 6.45) is -2.97. The first-order valence-electron chi connectivity index (χ1n) is 11.9. The summed E-state index contributed by atoms with van der Waals surface area (Å²) in [5.41, 5.74) is -0.0987. The van der Waals surface area contributed by atoms with E-state index in [0.717, 1.165) is 23.9 Å². The molecule has 208 valence electrons. The van der Waals surface area contributed by atoms with E-state index in [1.165, 1.54) is 30.2 Å². The van der Waals surface area contributed by atoms with E-state index in [4.69, 9.17) is 26.4 Å². The maximum absolute atomic E-state index is 13.2. The molecule has 0 atom stereocenters. The van der Waals surface area contributed by atoms with E-state index < -0.39 is 24.3 Å². The zero-order valence-electron chi connectivity index (χ0n) is 21.3. The smallest absolute Gasteiger partial charge is 0.418 e. The standard InChI is InChI=1S/C28H23F3N2O5S2/c1-3-37-19-11-9-18(10-12-19)33-26(35)24(40-27(33)39)15-17-8-13-22(23(14-17)36-2)38-16-25(34)32-21-7-5-4-6-20(21)28(29,30)31/h4-15H,3,16H2,1-2H3,(H,32,34)/b24-15-. The van der Waals surface area contributed by atoms with Crippen LogP contribution in [0.1, 0.15) is 18.1 Å². The summed E-state index contributed by atoms with van der Waals surface area (Å²) in [6, 6.07) is 16.5. The molecular weight excluding hydrogens is 565 g/mol. The first-order chi connectivity index (χ1) is 19.1. The van der Waals surface area contributed by atoms with Gasteiger partial charge in [-0.05, 0) is 67.1 Å². The van der Waals surface area contributed by atoms with Crippen LogP contribution in [0.4, 0.5) is 24.5 Å². The molecule has 7 nitrogen and oxygen atoms in total. The molecule has 1 N–H and O–H groups in total. The lowest BCUT2D eigenvalue weighted by molar-refractivity contribution is -0.137. The summed E-state index contributed by atoms with van der Waals surface area (Å²) in [4.78, 5) is 27.3. The second-order valence-electron chi connectivity index (χ2n) is 8.23. The highest BCUT2D eigenvalue weighted by atomic mass is 32.2. The molecule has 0 aromatic heterocycles. The van der Waals surface area contributed by atoms with Gasteiger partial charge in [-0.15, -0.1) is 0 Å². The van der Waals surface area contributed by atoms with Gasteiger partial charge in [0.1, 0.15) is 5.75 Å². The van der Waals surface area contributed by atoms with Crippen molar-refractivity contribution >= 4 is 57.6 Å². The molecule has 2 amide bonds. The van der Waals surface area contributed by atoms with Crippen LogP contribution < -0.4 is 24.4 Å². The third-order valence-electron chi connectivity index (χ3n) is 5.55. The Kier molecular flexibility index (Phi) is 9.00. The third-order valence-corrected chi connectivity index (χ3v) is 6.85. The molecule has 4 rings (SSSR count). The molecule has 12 heteroatoms. The summed E-state index contributed by atoms with van der Waals surface area (Å²) in [7, 11) is 1.40. The van der Waals surface area contributed by atoms with Crippen molar-refractivity contribution in [1.82, 2.24) is 0 Å². The second-order valence-corrected chi connectivity index (χ2v) is 9.91. The number of ether oxygens (including phenoxy) is 3. The lowest BCUT2D eigenvalue weighted by Crippen LogP contribution is -2.27. The highest BCUT2D eigenvalue weighted by Gasteiger charge is 2.34. The van der Waals surface area contributed by atoms with Crippen LogP contribution in [0.5, 0.6) is 17.2 Å². The van der Waals surface area contributed by atoms with E-state index in [0.29, 0.717) is 32.8 Å². The topological polar surface area (TPSA) is 77.1 Å². The molecule has 0 spiro atoms. The molecule has 3 aromatic rings. The van der Waals surface area contributed by atoms with Gasteiger partial charge in [-0.2, -0.15) is 13.2 Å². The minimum Gasteiger partial charge on any atom is -0.494 e. The van der Waals surface area contributed by atoms with Crippen LogP contribution in [0.3, 0.4) is 0 Å². The fraction of sp³-hybridized carbons (Fsp3) is 0.179. The maximum atomic E-state index is 13.2. The number of rotatable bonds is 9. The largest absolute Gasteiger partial charge is 0.494 e. The van der Waals surface area contributed by atoms with Crippen LogP contribution in [0.15, 0.2) is 71.6 Å². The van der Waals surface area contributed by atoms with Crippen LogP contribution >= 0.6 is 24.0 Å². The van der Waals surface area contributed by atoms with Crippen molar-refractivity contribution in [1.29, 1.82) is 0 Å². The van der Waals surface area contributed by atoms with Crippen molar-refractivity contribution < 1.29 is 37.0 Å². The number of alkyl halides is 3. The van der Waals surface area contributed by atoms with Crippen molar-refractivity contribution in [3.8, 4) is 17.2 Å². The van der Waals surface area contributed by atoms with E-state index >= 15 is 0 Å². The Morgan fingerprint density at radius 1 is 1.05 bits per heavy atom. The third kappa shape index (κ3) is 6.75. The summed E-state index contributed by atoms with van der Waals surface area (Å²) in [5.74, 6) is 0.0837. The van der Waals surface area contributed by atoms with Crippen LogP contribution in [0, 0.1) is 0 Å². The predicted octanol–water partition coefficient (Wildman–Crippen LogP) is 6.54. The van der Waals surface area contributed by atoms with E-state index in [2.05, 4.69) is 5.32 Å². The average Bonchev–Trinajstić information content (AvgIpc) is 3.20. The number of para-hydroxylation sites is 1. The minimum atomic E-state index is -4.62. The number of methoxy groups -OCH3 is 1. The molecule has 0 bridgehead atoms. The van der Waals surface area contributed by atoms with Gasteiger partial charge in [-0.1, -0.05) is 42.2 Å². The van der Waals surface area contributed by atoms with Gasteiger partial charge < -0.3 is 19.5 Å². The predicted molar refractivity (Wildman–Crippen MR) is 152 cm³/mol. The number of amides is 2. The molecule has 1 aliphatic heterocycles. The number of carbonyl (C=O) groups excluding carboxylic acids is 2. The number of hydrogen-bond acceptors (Lipinski definition) is 7. The molecule has 0 aliphatic carbocycles. The number of benzene rings is 3. The highest BCUT2D eigenvalue weighted by Crippen LogP contribution is 2.38. The van der Waals surface area contributed by atoms with Gasteiger partial charge >= 0.3 is 6.18 Å². The van der Waals surface area contributed by atoms with Crippen molar-refractivity contribution in [2.75, 3.05) is 30.5 Å². The van der Waals surface area contributed by atoms with Gasteiger partial charge in [0.05, 0.1) is 35.6 Å². The quantitative estimate of drug-likeness (QED) is 0.225. The van der Waals surface area contributed by atoms with Crippen LogP contribution in [0.25, 0.3) is 6.08 Å². The number of nitrogens with one attached hydrogen (secondary N) is 1. The number of nitrogens with zero attached hydrogens (tertiary/aromatic N) is 1. The molecule has 3 aromatic carbocycles. The normalized spacial score (nSPS) is 14.4. The lowest BCUT2D eigenvalue weighted by atomic mass is 10.1. The Balaban J connectivity index is 1.44. The molecule has 0 unspecified atom stereocenters. The van der Waals surface area contributed by atoms with Crippen molar-refractivity contribution in [3.05, 3.63) is 82.8 Å². The van der Waals surface area contributed by atoms with Gasteiger partial charge in [0, 0.05) is 0 Å². The number of halogens is 3. The molecule has 0 saturated carbocycles. The lowest BCUT2D eigenvalue weighted by Gasteiger charge is -2.15. The Morgan fingerprint density at radius 2 is 1.77 bits per heavy atom. The van der Waals surface area contributed by atoms with E-state index in [-0.39, 0.29) is 23.1 Å². The van der Waals surface area contributed by atoms with Crippen LogP contribution in [0.2, 0.25) is 0 Å². The summed E-state index contributed by atoms with van der Waals surface area (Å²) in [5, 5.41) is 2.22. The Morgan fingerprint density at radius 3 is 2.45 bits per heavy atom. The molecule has 1 aliphatic rings. The minimum absolute atomic E-state index is 0.195. The van der Waals surface area contributed by atoms with Gasteiger partial charge in [-0.25, -0.2) is 0 Å². The molecule has 1 heterocycles. The van der Waals surface area contributed by atoms with Crippen molar-refractivity contribution in [2.45, 2.75) is 13.1 Å². The first kappa shape index (κ1) is 29.0. The fourth-order valence-corrected chi connectivity index (χ4v) is 5.06. The Labute approximate surface area is 237 Å². The SMILES string of the molecule is CCOc1ccc(N2C(=O)/C(=C/c3ccc(OCC(=O)Nc4ccccc4C(F)(F)F)c(OC)c3)SC2=S)cc1. The number of hydrogen-bond donors (Lipinski definition) is 1. The monoisotopic (exact) mass is 588 g/mol. The van der Waals surface area contributed by atoms with Gasteiger partial charge in [-0.3, -0.25) is 14.5 Å². The van der Waals surface area contributed by atoms with Crippen molar-refractivity contribution in [3.63, 3.8) is 0 Å². The van der Waals surface area contributed by atoms with E-state index in [9.17, 15) is 22.8 Å². The number of carbonyl (C=O) groups is 2. The van der Waals surface area contributed by atoms with E-state index in [1.807, 2.05) is 6.92 Å². The molecule has 40 heavy (non-hydrogen) atoms. The summed E-state index contributed by atoms with van der Waals surface area (Å²) < 4.78 is 56.2. The second kappa shape index (κ2) is 12.4. The van der Waals surface area contributed by atoms with Gasteiger partial charge in [0.25, 0.3) is 11.8 Å². The highest BCUT2D eigenvalue weighted by molar-refractivity contribution is 8.27. The van der Waals surface area contributed by atoms with Gasteiger partial charge in [0.15, 0.2) is 22.4 Å². The zero-order valence-corrected chi connectivity index (χ0v) is 22.9. The number of anilines is 2. The fourth-order valence-electron chi connectivity index (χ4n) is 3.76. The number of thioether (sulfide) groups is 1. The van der Waals surface area contributed by atoms with Gasteiger partial charge in [0.2, 0.25) is 0 Å². The number of thiocarbonyl (C=S) groups is 1. The van der Waals surface area contributed by atoms with Crippen LogP contribution in [-0.4, -0.2) is 36.5 Å². The van der Waals surface area contributed by atoms with Crippen LogP contribution in [-0.2, 0) is 15.8 Å². The summed E-state index contributed by atoms with van der Waals surface area (Å²) >= 11 is 6.59. The Bertz CT molecular complexity index is 1460. The zero-order chi connectivity index (χ0) is 28.9. The Hall–Kier alpha value is -4.03.